The first-order valence-corrected chi connectivity index (χ1v) is 7.91. The lowest BCUT2D eigenvalue weighted by atomic mass is 9.87. The summed E-state index contributed by atoms with van der Waals surface area (Å²) in [7, 11) is 1.65. The lowest BCUT2D eigenvalue weighted by molar-refractivity contribution is 0.101. The van der Waals surface area contributed by atoms with E-state index in [-0.39, 0.29) is 12.1 Å². The molecule has 0 radical (unpaired) electrons. The average molecular weight is 306 g/mol. The molecule has 0 heterocycles. The van der Waals surface area contributed by atoms with Crippen molar-refractivity contribution in [1.29, 1.82) is 0 Å². The number of aryl methyl sites for hydroxylation is 1. The molecule has 1 aliphatic carbocycles. The SMILES string of the molecule is COc1ccc(CNC(=O)NCC2CCCC(O)C2)cc1C. The number of ether oxygens (including phenoxy) is 1. The topological polar surface area (TPSA) is 70.6 Å². The van der Waals surface area contributed by atoms with Crippen LogP contribution in [0.25, 0.3) is 0 Å². The fourth-order valence-corrected chi connectivity index (χ4v) is 2.98. The van der Waals surface area contributed by atoms with Gasteiger partial charge in [0.05, 0.1) is 13.2 Å². The van der Waals surface area contributed by atoms with Crippen LogP contribution < -0.4 is 15.4 Å². The lowest BCUT2D eigenvalue weighted by Crippen LogP contribution is -2.39. The lowest BCUT2D eigenvalue weighted by Gasteiger charge is -2.25. The molecule has 1 saturated carbocycles. The van der Waals surface area contributed by atoms with Gasteiger partial charge in [-0.2, -0.15) is 0 Å². The van der Waals surface area contributed by atoms with E-state index in [0.717, 1.165) is 42.6 Å². The van der Waals surface area contributed by atoms with Gasteiger partial charge in [0.2, 0.25) is 0 Å². The first-order valence-electron chi connectivity index (χ1n) is 7.91. The van der Waals surface area contributed by atoms with Crippen molar-refractivity contribution in [3.8, 4) is 5.75 Å². The van der Waals surface area contributed by atoms with Crippen LogP contribution in [0.3, 0.4) is 0 Å². The van der Waals surface area contributed by atoms with E-state index in [1.165, 1.54) is 0 Å². The molecule has 122 valence electrons. The number of urea groups is 1. The van der Waals surface area contributed by atoms with E-state index in [2.05, 4.69) is 10.6 Å². The predicted molar refractivity (Wildman–Crippen MR) is 85.9 cm³/mol. The van der Waals surface area contributed by atoms with Crippen molar-refractivity contribution in [2.75, 3.05) is 13.7 Å². The van der Waals surface area contributed by atoms with Gasteiger partial charge in [0.25, 0.3) is 0 Å². The van der Waals surface area contributed by atoms with Gasteiger partial charge in [0.15, 0.2) is 0 Å². The van der Waals surface area contributed by atoms with Crippen LogP contribution in [-0.2, 0) is 6.54 Å². The molecule has 1 fully saturated rings. The van der Waals surface area contributed by atoms with Crippen LogP contribution in [0.1, 0.15) is 36.8 Å². The van der Waals surface area contributed by atoms with Gasteiger partial charge in [-0.3, -0.25) is 0 Å². The van der Waals surface area contributed by atoms with Crippen molar-refractivity contribution in [2.24, 2.45) is 5.92 Å². The molecule has 1 aromatic rings. The van der Waals surface area contributed by atoms with E-state index >= 15 is 0 Å². The predicted octanol–water partition coefficient (Wildman–Crippen LogP) is 2.35. The van der Waals surface area contributed by atoms with E-state index < -0.39 is 0 Å². The largest absolute Gasteiger partial charge is 0.496 e. The van der Waals surface area contributed by atoms with Crippen LogP contribution in [0.2, 0.25) is 0 Å². The van der Waals surface area contributed by atoms with Gasteiger partial charge < -0.3 is 20.5 Å². The van der Waals surface area contributed by atoms with Gasteiger partial charge in [-0.1, -0.05) is 18.6 Å². The van der Waals surface area contributed by atoms with Crippen LogP contribution in [0, 0.1) is 12.8 Å². The molecule has 2 rings (SSSR count). The molecule has 2 unspecified atom stereocenters. The quantitative estimate of drug-likeness (QED) is 0.782. The second-order valence-electron chi connectivity index (χ2n) is 6.05. The highest BCUT2D eigenvalue weighted by Gasteiger charge is 2.20. The zero-order valence-electron chi connectivity index (χ0n) is 13.4. The van der Waals surface area contributed by atoms with Gasteiger partial charge in [-0.05, 0) is 49.3 Å². The molecule has 0 aliphatic heterocycles. The zero-order valence-corrected chi connectivity index (χ0v) is 13.4. The van der Waals surface area contributed by atoms with Crippen molar-refractivity contribution in [3.63, 3.8) is 0 Å². The Morgan fingerprint density at radius 3 is 2.86 bits per heavy atom. The van der Waals surface area contributed by atoms with E-state index in [1.807, 2.05) is 25.1 Å². The molecule has 2 amide bonds. The van der Waals surface area contributed by atoms with Crippen molar-refractivity contribution < 1.29 is 14.6 Å². The smallest absolute Gasteiger partial charge is 0.315 e. The highest BCUT2D eigenvalue weighted by atomic mass is 16.5. The summed E-state index contributed by atoms with van der Waals surface area (Å²) in [6.45, 7) is 3.10. The summed E-state index contributed by atoms with van der Waals surface area (Å²) in [4.78, 5) is 11.8. The number of aliphatic hydroxyl groups excluding tert-OH is 1. The molecule has 1 aromatic carbocycles. The van der Waals surface area contributed by atoms with Gasteiger partial charge in [-0.25, -0.2) is 4.79 Å². The zero-order chi connectivity index (χ0) is 15.9. The highest BCUT2D eigenvalue weighted by Crippen LogP contribution is 2.23. The Morgan fingerprint density at radius 1 is 1.36 bits per heavy atom. The number of methoxy groups -OCH3 is 1. The van der Waals surface area contributed by atoms with Crippen LogP contribution in [-0.4, -0.2) is 30.9 Å². The molecule has 1 aliphatic rings. The summed E-state index contributed by atoms with van der Waals surface area (Å²) in [5, 5.41) is 15.4. The second-order valence-corrected chi connectivity index (χ2v) is 6.05. The van der Waals surface area contributed by atoms with Crippen LogP contribution in [0.4, 0.5) is 4.79 Å². The fourth-order valence-electron chi connectivity index (χ4n) is 2.98. The van der Waals surface area contributed by atoms with E-state index in [0.29, 0.717) is 19.0 Å². The van der Waals surface area contributed by atoms with Crippen LogP contribution in [0.5, 0.6) is 5.75 Å². The Balaban J connectivity index is 1.72. The molecule has 0 aromatic heterocycles. The normalized spacial score (nSPS) is 21.2. The second kappa shape index (κ2) is 8.03. The summed E-state index contributed by atoms with van der Waals surface area (Å²) in [5.41, 5.74) is 2.10. The van der Waals surface area contributed by atoms with E-state index in [1.54, 1.807) is 7.11 Å². The molecule has 0 bridgehead atoms. The summed E-state index contributed by atoms with van der Waals surface area (Å²) in [6.07, 6.45) is 3.60. The molecule has 3 N–H and O–H groups in total. The maximum atomic E-state index is 11.8. The van der Waals surface area contributed by atoms with Gasteiger partial charge >= 0.3 is 6.03 Å². The Kier molecular flexibility index (Phi) is 6.07. The van der Waals surface area contributed by atoms with Gasteiger partial charge in [0.1, 0.15) is 5.75 Å². The standard InChI is InChI=1S/C17H26N2O3/c1-12-8-14(6-7-16(12)22-2)11-19-17(21)18-10-13-4-3-5-15(20)9-13/h6-8,13,15,20H,3-5,9-11H2,1-2H3,(H2,18,19,21). The number of benzene rings is 1. The average Bonchev–Trinajstić information content (AvgIpc) is 2.51. The Hall–Kier alpha value is -1.75. The molecule has 22 heavy (non-hydrogen) atoms. The maximum Gasteiger partial charge on any atom is 0.315 e. The third-order valence-corrected chi connectivity index (χ3v) is 4.22. The van der Waals surface area contributed by atoms with Crippen molar-refractivity contribution in [1.82, 2.24) is 10.6 Å². The number of hydrogen-bond donors (Lipinski definition) is 3. The highest BCUT2D eigenvalue weighted by molar-refractivity contribution is 5.73. The molecular formula is C17H26N2O3. The number of nitrogens with one attached hydrogen (secondary N) is 2. The van der Waals surface area contributed by atoms with E-state index in [9.17, 15) is 9.90 Å². The summed E-state index contributed by atoms with van der Waals surface area (Å²) < 4.78 is 5.22. The third-order valence-electron chi connectivity index (χ3n) is 4.22. The van der Waals surface area contributed by atoms with Crippen molar-refractivity contribution in [2.45, 2.75) is 45.3 Å². The van der Waals surface area contributed by atoms with E-state index in [4.69, 9.17) is 4.74 Å². The summed E-state index contributed by atoms with van der Waals surface area (Å²) in [6, 6.07) is 5.71. The fraction of sp³-hybridized carbons (Fsp3) is 0.588. The number of amides is 2. The molecule has 0 spiro atoms. The minimum Gasteiger partial charge on any atom is -0.496 e. The number of hydrogen-bond acceptors (Lipinski definition) is 3. The monoisotopic (exact) mass is 306 g/mol. The Bertz CT molecular complexity index is 505. The third kappa shape index (κ3) is 4.91. The first-order chi connectivity index (χ1) is 10.6. The van der Waals surface area contributed by atoms with Gasteiger partial charge in [-0.15, -0.1) is 0 Å². The van der Waals surface area contributed by atoms with Gasteiger partial charge in [0, 0.05) is 13.1 Å². The molecule has 2 atom stereocenters. The van der Waals surface area contributed by atoms with Crippen molar-refractivity contribution in [3.05, 3.63) is 29.3 Å². The minimum absolute atomic E-state index is 0.159. The molecule has 5 heteroatoms. The van der Waals surface area contributed by atoms with Crippen LogP contribution in [0.15, 0.2) is 18.2 Å². The molecule has 0 saturated heterocycles. The molecule has 5 nitrogen and oxygen atoms in total. The number of aliphatic hydroxyl groups is 1. The minimum atomic E-state index is -0.203. The maximum absolute atomic E-state index is 11.8. The number of rotatable bonds is 5. The summed E-state index contributed by atoms with van der Waals surface area (Å²) in [5.74, 6) is 1.24. The molecular weight excluding hydrogens is 280 g/mol. The Labute approximate surface area is 132 Å². The van der Waals surface area contributed by atoms with Crippen molar-refractivity contribution >= 4 is 6.03 Å². The number of carbonyl (C=O) groups is 1. The van der Waals surface area contributed by atoms with Crippen LogP contribution >= 0.6 is 0 Å². The number of carbonyl (C=O) groups excluding carboxylic acids is 1. The first kappa shape index (κ1) is 16.6. The Morgan fingerprint density at radius 2 is 2.18 bits per heavy atom. The summed E-state index contributed by atoms with van der Waals surface area (Å²) >= 11 is 0.